The number of rotatable bonds is 3. The van der Waals surface area contributed by atoms with E-state index in [1.165, 1.54) is 10.6 Å². The van der Waals surface area contributed by atoms with Crippen LogP contribution in [0.1, 0.15) is 29.7 Å². The van der Waals surface area contributed by atoms with E-state index in [0.717, 1.165) is 0 Å². The van der Waals surface area contributed by atoms with Crippen molar-refractivity contribution in [3.8, 4) is 0 Å². The van der Waals surface area contributed by atoms with Gasteiger partial charge in [-0.2, -0.15) is 0 Å². The number of hydrogen-bond acceptors (Lipinski definition) is 4. The van der Waals surface area contributed by atoms with Gasteiger partial charge in [0.1, 0.15) is 17.0 Å². The first kappa shape index (κ1) is 12.8. The topological polar surface area (TPSA) is 85.3 Å². The molecule has 0 spiro atoms. The van der Waals surface area contributed by atoms with Crippen molar-refractivity contribution < 1.29 is 14.3 Å². The number of carbonyl (C=O) groups is 1. The fourth-order valence-corrected chi connectivity index (χ4v) is 2.88. The minimum atomic E-state index is -0.927. The molecule has 1 aliphatic carbocycles. The third-order valence-corrected chi connectivity index (χ3v) is 4.17. The Kier molecular flexibility index (Phi) is 2.51. The fraction of sp³-hybridized carbons (Fsp3) is 0.188. The molecule has 0 saturated heterocycles. The van der Waals surface area contributed by atoms with E-state index in [4.69, 9.17) is 4.42 Å². The second kappa shape index (κ2) is 4.30. The summed E-state index contributed by atoms with van der Waals surface area (Å²) in [5, 5.41) is 9.29. The predicted molar refractivity (Wildman–Crippen MR) is 78.9 cm³/mol. The van der Waals surface area contributed by atoms with E-state index in [2.05, 4.69) is 4.98 Å². The van der Waals surface area contributed by atoms with Crippen LogP contribution in [0, 0.1) is 5.41 Å². The number of fused-ring (bicyclic) bond motifs is 3. The minimum absolute atomic E-state index is 0.235. The number of aromatic nitrogens is 2. The van der Waals surface area contributed by atoms with Gasteiger partial charge < -0.3 is 9.52 Å². The Morgan fingerprint density at radius 1 is 1.50 bits per heavy atom. The molecule has 1 N–H and O–H groups in total. The van der Waals surface area contributed by atoms with Crippen molar-refractivity contribution in [3.63, 3.8) is 0 Å². The predicted octanol–water partition coefficient (Wildman–Crippen LogP) is 2.05. The molecule has 0 amide bonds. The molecule has 110 valence electrons. The molecule has 0 bridgehead atoms. The van der Waals surface area contributed by atoms with Crippen molar-refractivity contribution in [2.45, 2.75) is 12.5 Å². The van der Waals surface area contributed by atoms with Gasteiger partial charge in [-0.15, -0.1) is 0 Å². The Morgan fingerprint density at radius 3 is 3.09 bits per heavy atom. The number of hydrogen-bond donors (Lipinski definition) is 1. The highest BCUT2D eigenvalue weighted by Gasteiger charge is 2.62. The molecule has 4 rings (SSSR count). The van der Waals surface area contributed by atoms with Crippen LogP contribution in [0.25, 0.3) is 18.2 Å². The van der Waals surface area contributed by atoms with Gasteiger partial charge in [0, 0.05) is 6.07 Å². The van der Waals surface area contributed by atoms with Crippen LogP contribution >= 0.6 is 0 Å². The van der Waals surface area contributed by atoms with Crippen LogP contribution in [-0.2, 0) is 4.79 Å². The highest BCUT2D eigenvalue weighted by Crippen LogP contribution is 2.59. The molecule has 2 aromatic rings. The number of aliphatic carboxylic acids is 1. The summed E-state index contributed by atoms with van der Waals surface area (Å²) in [6, 6.07) is 4.66. The zero-order valence-corrected chi connectivity index (χ0v) is 11.5. The summed E-state index contributed by atoms with van der Waals surface area (Å²) in [5.41, 5.74) is -0.647. The SMILES string of the molecule is O=C(O)C12C=Cc3nc(/C=C/c4ccco4)cc(=O)n3C1C2. The molecule has 2 atom stereocenters. The van der Waals surface area contributed by atoms with Crippen LogP contribution in [-0.4, -0.2) is 20.6 Å². The van der Waals surface area contributed by atoms with Crippen LogP contribution < -0.4 is 5.56 Å². The van der Waals surface area contributed by atoms with E-state index in [0.29, 0.717) is 23.7 Å². The van der Waals surface area contributed by atoms with Gasteiger partial charge >= 0.3 is 5.97 Å². The maximum atomic E-state index is 12.3. The van der Waals surface area contributed by atoms with Gasteiger partial charge in [-0.3, -0.25) is 14.2 Å². The van der Waals surface area contributed by atoms with Crippen molar-refractivity contribution in [1.82, 2.24) is 9.55 Å². The maximum absolute atomic E-state index is 12.3. The standard InChI is InChI=1S/C16H12N2O4/c19-14-8-10(3-4-11-2-1-7-22-11)17-13-5-6-16(15(20)21)9-12(16)18(13)14/h1-8,12H,9H2,(H,20,21)/b4-3+. The normalized spacial score (nSPS) is 25.0. The lowest BCUT2D eigenvalue weighted by atomic mass is 10.0. The third kappa shape index (κ3) is 1.77. The number of carboxylic acid groups (broad SMARTS) is 1. The quantitative estimate of drug-likeness (QED) is 0.937. The van der Waals surface area contributed by atoms with E-state index < -0.39 is 11.4 Å². The van der Waals surface area contributed by atoms with E-state index in [9.17, 15) is 14.7 Å². The van der Waals surface area contributed by atoms with Crippen molar-refractivity contribution in [2.75, 3.05) is 0 Å². The third-order valence-electron chi connectivity index (χ3n) is 4.17. The molecule has 6 heteroatoms. The number of furan rings is 1. The summed E-state index contributed by atoms with van der Waals surface area (Å²) in [6.07, 6.45) is 8.68. The van der Waals surface area contributed by atoms with Crippen LogP contribution in [0.4, 0.5) is 0 Å². The average molecular weight is 296 g/mol. The molecule has 3 heterocycles. The summed E-state index contributed by atoms with van der Waals surface area (Å²) < 4.78 is 6.65. The number of nitrogens with zero attached hydrogens (tertiary/aromatic N) is 2. The van der Waals surface area contributed by atoms with Crippen LogP contribution in [0.2, 0.25) is 0 Å². The molecule has 22 heavy (non-hydrogen) atoms. The van der Waals surface area contributed by atoms with Gasteiger partial charge in [0.2, 0.25) is 0 Å². The highest BCUT2D eigenvalue weighted by atomic mass is 16.4. The van der Waals surface area contributed by atoms with Crippen molar-refractivity contribution in [1.29, 1.82) is 0 Å². The van der Waals surface area contributed by atoms with Crippen LogP contribution in [0.5, 0.6) is 0 Å². The lowest BCUT2D eigenvalue weighted by Gasteiger charge is -2.17. The van der Waals surface area contributed by atoms with Crippen LogP contribution in [0.15, 0.2) is 39.7 Å². The average Bonchev–Trinajstić information content (AvgIpc) is 3.03. The van der Waals surface area contributed by atoms with Gasteiger partial charge in [0.15, 0.2) is 0 Å². The second-order valence-electron chi connectivity index (χ2n) is 5.49. The lowest BCUT2D eigenvalue weighted by Crippen LogP contribution is -2.29. The number of carboxylic acids is 1. The smallest absolute Gasteiger partial charge is 0.315 e. The van der Waals surface area contributed by atoms with E-state index in [1.807, 2.05) is 0 Å². The molecular weight excluding hydrogens is 284 g/mol. The summed E-state index contributed by atoms with van der Waals surface area (Å²) >= 11 is 0. The van der Waals surface area contributed by atoms with E-state index in [-0.39, 0.29) is 11.6 Å². The Hall–Kier alpha value is -2.89. The molecule has 0 aromatic carbocycles. The molecule has 6 nitrogen and oxygen atoms in total. The largest absolute Gasteiger partial charge is 0.481 e. The zero-order valence-electron chi connectivity index (χ0n) is 11.5. The molecule has 2 aliphatic rings. The monoisotopic (exact) mass is 296 g/mol. The molecular formula is C16H12N2O4. The van der Waals surface area contributed by atoms with Gasteiger partial charge in [-0.1, -0.05) is 6.08 Å². The lowest BCUT2D eigenvalue weighted by molar-refractivity contribution is -0.141. The Bertz CT molecular complexity index is 876. The zero-order chi connectivity index (χ0) is 15.3. The summed E-state index contributed by atoms with van der Waals surface area (Å²) in [7, 11) is 0. The first-order valence-corrected chi connectivity index (χ1v) is 6.88. The molecule has 2 aromatic heterocycles. The highest BCUT2D eigenvalue weighted by molar-refractivity contribution is 5.84. The molecule has 2 unspecified atom stereocenters. The molecule has 1 fully saturated rings. The first-order valence-electron chi connectivity index (χ1n) is 6.88. The molecule has 0 radical (unpaired) electrons. The summed E-state index contributed by atoms with van der Waals surface area (Å²) in [6.45, 7) is 0. The van der Waals surface area contributed by atoms with Crippen molar-refractivity contribution in [2.24, 2.45) is 5.41 Å². The van der Waals surface area contributed by atoms with Crippen molar-refractivity contribution in [3.05, 3.63) is 58.2 Å². The van der Waals surface area contributed by atoms with E-state index >= 15 is 0 Å². The second-order valence-corrected chi connectivity index (χ2v) is 5.49. The summed E-state index contributed by atoms with van der Waals surface area (Å²) in [5.74, 6) is 0.265. The first-order chi connectivity index (χ1) is 10.6. The van der Waals surface area contributed by atoms with Crippen molar-refractivity contribution >= 4 is 24.2 Å². The Labute approximate surface area is 125 Å². The van der Waals surface area contributed by atoms with Gasteiger partial charge in [-0.25, -0.2) is 4.98 Å². The minimum Gasteiger partial charge on any atom is -0.481 e. The molecule has 1 aliphatic heterocycles. The van der Waals surface area contributed by atoms with Gasteiger partial charge in [-0.05, 0) is 36.8 Å². The fourth-order valence-electron chi connectivity index (χ4n) is 2.88. The Balaban J connectivity index is 1.72. The summed E-state index contributed by atoms with van der Waals surface area (Å²) in [4.78, 5) is 28.0. The Morgan fingerprint density at radius 2 is 2.36 bits per heavy atom. The van der Waals surface area contributed by atoms with Gasteiger partial charge in [0.05, 0.1) is 18.0 Å². The van der Waals surface area contributed by atoms with Crippen LogP contribution in [0.3, 0.4) is 0 Å². The maximum Gasteiger partial charge on any atom is 0.315 e. The molecule has 1 saturated carbocycles. The van der Waals surface area contributed by atoms with E-state index in [1.54, 1.807) is 42.7 Å². The van der Waals surface area contributed by atoms with Gasteiger partial charge in [0.25, 0.3) is 5.56 Å².